The molecule has 0 aromatic heterocycles. The van der Waals surface area contributed by atoms with Crippen molar-refractivity contribution in [2.45, 2.75) is 13.8 Å². The number of hydrogen-bond acceptors (Lipinski definition) is 7. The minimum Gasteiger partial charge on any atom is -0.462 e. The van der Waals surface area contributed by atoms with Crippen LogP contribution in [0.15, 0.2) is 60.9 Å². The molecule has 0 bridgehead atoms. The van der Waals surface area contributed by atoms with Crippen molar-refractivity contribution < 1.29 is 32.7 Å². The van der Waals surface area contributed by atoms with Crippen molar-refractivity contribution in [3.8, 4) is 11.5 Å². The highest BCUT2D eigenvalue weighted by Crippen LogP contribution is 2.50. The van der Waals surface area contributed by atoms with E-state index in [2.05, 4.69) is 6.58 Å². The zero-order valence-electron chi connectivity index (χ0n) is 15.6. The van der Waals surface area contributed by atoms with Gasteiger partial charge in [-0.05, 0) is 38.1 Å². The highest BCUT2D eigenvalue weighted by molar-refractivity contribution is 7.58. The molecule has 0 aliphatic heterocycles. The van der Waals surface area contributed by atoms with Gasteiger partial charge in [0.2, 0.25) is 0 Å². The Balaban J connectivity index is 2.34. The second-order valence-corrected chi connectivity index (χ2v) is 7.15. The molecular formula is C20H21O7P. The Hall–Kier alpha value is -3.05. The van der Waals surface area contributed by atoms with Crippen molar-refractivity contribution in [2.75, 3.05) is 13.2 Å². The van der Waals surface area contributed by atoms with Gasteiger partial charge in [-0.3, -0.25) is 0 Å². The predicted octanol–water partition coefficient (Wildman–Crippen LogP) is 4.83. The minimum atomic E-state index is -3.97. The zero-order valence-corrected chi connectivity index (χ0v) is 16.5. The van der Waals surface area contributed by atoms with E-state index in [9.17, 15) is 14.2 Å². The van der Waals surface area contributed by atoms with Crippen molar-refractivity contribution in [1.29, 1.82) is 0 Å². The van der Waals surface area contributed by atoms with E-state index in [4.69, 9.17) is 18.5 Å². The van der Waals surface area contributed by atoms with Gasteiger partial charge in [0, 0.05) is 5.82 Å². The van der Waals surface area contributed by atoms with Crippen LogP contribution in [0.2, 0.25) is 0 Å². The van der Waals surface area contributed by atoms with Gasteiger partial charge in [0.25, 0.3) is 0 Å². The fraction of sp³-hybridized carbons (Fsp3) is 0.200. The molecule has 0 unspecified atom stereocenters. The van der Waals surface area contributed by atoms with Gasteiger partial charge in [0.05, 0.1) is 13.2 Å². The molecule has 0 saturated carbocycles. The first-order valence-corrected chi connectivity index (χ1v) is 10.2. The van der Waals surface area contributed by atoms with Crippen molar-refractivity contribution in [2.24, 2.45) is 0 Å². The Bertz CT molecular complexity index is 839. The third-order valence-electron chi connectivity index (χ3n) is 3.44. The van der Waals surface area contributed by atoms with Crippen molar-refractivity contribution in [1.82, 2.24) is 0 Å². The van der Waals surface area contributed by atoms with E-state index in [1.165, 1.54) is 24.3 Å². The smallest absolute Gasteiger partial charge is 0.455 e. The molecule has 0 aliphatic rings. The third-order valence-corrected chi connectivity index (χ3v) is 4.79. The molecular weight excluding hydrogens is 383 g/mol. The summed E-state index contributed by atoms with van der Waals surface area (Å²) in [6.45, 7) is 7.20. The topological polar surface area (TPSA) is 88.1 Å². The Morgan fingerprint density at radius 3 is 1.61 bits per heavy atom. The lowest BCUT2D eigenvalue weighted by Gasteiger charge is -2.19. The molecule has 0 spiro atoms. The Morgan fingerprint density at radius 1 is 0.857 bits per heavy atom. The molecule has 0 aliphatic carbocycles. The highest BCUT2D eigenvalue weighted by Gasteiger charge is 2.28. The first-order valence-electron chi connectivity index (χ1n) is 8.59. The number of carbonyl (C=O) groups excluding carboxylic acids is 2. The summed E-state index contributed by atoms with van der Waals surface area (Å²) < 4.78 is 34.1. The van der Waals surface area contributed by atoms with E-state index in [-0.39, 0.29) is 35.8 Å². The van der Waals surface area contributed by atoms with Crippen LogP contribution in [0.25, 0.3) is 0 Å². The second kappa shape index (κ2) is 9.76. The number of benzene rings is 2. The number of esters is 2. The van der Waals surface area contributed by atoms with Crippen LogP contribution in [0.5, 0.6) is 11.5 Å². The maximum Gasteiger partial charge on any atom is 0.455 e. The summed E-state index contributed by atoms with van der Waals surface area (Å²) in [5.41, 5.74) is 0.183. The van der Waals surface area contributed by atoms with Crippen LogP contribution in [-0.2, 0) is 14.0 Å². The van der Waals surface area contributed by atoms with E-state index < -0.39 is 19.5 Å². The summed E-state index contributed by atoms with van der Waals surface area (Å²) in [5.74, 6) is -0.228. The Kier molecular flexibility index (Phi) is 7.41. The molecule has 0 amide bonds. The van der Waals surface area contributed by atoms with Crippen molar-refractivity contribution >= 4 is 19.5 Å². The predicted molar refractivity (Wildman–Crippen MR) is 104 cm³/mol. The van der Waals surface area contributed by atoms with Gasteiger partial charge in [-0.1, -0.05) is 30.8 Å². The summed E-state index contributed by atoms with van der Waals surface area (Å²) in [5, 5.41) is 0. The van der Waals surface area contributed by atoms with Crippen molar-refractivity contribution in [3.63, 3.8) is 0 Å². The van der Waals surface area contributed by atoms with Crippen LogP contribution in [0.4, 0.5) is 0 Å². The first kappa shape index (κ1) is 21.3. The molecule has 0 saturated heterocycles. The highest BCUT2D eigenvalue weighted by atomic mass is 31.2. The summed E-state index contributed by atoms with van der Waals surface area (Å²) in [6.07, 6.45) is 0. The standard InChI is InChI=1S/C20H21O7P/c1-4-24-19(21)15-11-7-9-13-17(15)26-28(23,6-3)27-18-14-10-8-12-16(18)20(22)25-5-2/h6-14H,3-5H2,1-2H3. The number of para-hydroxylation sites is 2. The van der Waals surface area contributed by atoms with E-state index >= 15 is 0 Å². The largest absolute Gasteiger partial charge is 0.462 e. The quantitative estimate of drug-likeness (QED) is 0.437. The number of ether oxygens (including phenoxy) is 2. The van der Waals surface area contributed by atoms with Crippen LogP contribution >= 0.6 is 7.60 Å². The zero-order chi connectivity index (χ0) is 20.6. The van der Waals surface area contributed by atoms with Gasteiger partial charge in [0.1, 0.15) is 22.6 Å². The van der Waals surface area contributed by atoms with Crippen LogP contribution in [0.1, 0.15) is 34.6 Å². The van der Waals surface area contributed by atoms with Gasteiger partial charge in [-0.25, -0.2) is 14.2 Å². The lowest BCUT2D eigenvalue weighted by Crippen LogP contribution is -2.10. The van der Waals surface area contributed by atoms with Gasteiger partial charge < -0.3 is 18.5 Å². The molecule has 7 nitrogen and oxygen atoms in total. The monoisotopic (exact) mass is 404 g/mol. The third kappa shape index (κ3) is 5.24. The number of hydrogen-bond donors (Lipinski definition) is 0. The Labute approximate surface area is 163 Å². The average molecular weight is 404 g/mol. The number of carbonyl (C=O) groups is 2. The first-order chi connectivity index (χ1) is 13.4. The van der Waals surface area contributed by atoms with E-state index in [0.717, 1.165) is 5.82 Å². The molecule has 0 atom stereocenters. The molecule has 0 radical (unpaired) electrons. The van der Waals surface area contributed by atoms with E-state index in [1.807, 2.05) is 0 Å². The van der Waals surface area contributed by atoms with Crippen LogP contribution in [0.3, 0.4) is 0 Å². The molecule has 2 aromatic rings. The molecule has 2 rings (SSSR count). The van der Waals surface area contributed by atoms with E-state index in [1.54, 1.807) is 38.1 Å². The maximum absolute atomic E-state index is 13.1. The minimum absolute atomic E-state index is 0.0119. The molecule has 8 heteroatoms. The van der Waals surface area contributed by atoms with Gasteiger partial charge in [-0.15, -0.1) is 0 Å². The van der Waals surface area contributed by atoms with E-state index in [0.29, 0.717) is 0 Å². The van der Waals surface area contributed by atoms with Gasteiger partial charge >= 0.3 is 19.5 Å². The summed E-state index contributed by atoms with van der Waals surface area (Å²) in [4.78, 5) is 24.2. The molecule has 0 heterocycles. The van der Waals surface area contributed by atoms with Crippen molar-refractivity contribution in [3.05, 3.63) is 72.1 Å². The Morgan fingerprint density at radius 2 is 1.25 bits per heavy atom. The fourth-order valence-electron chi connectivity index (χ4n) is 2.21. The molecule has 0 N–H and O–H groups in total. The summed E-state index contributed by atoms with van der Waals surface area (Å²) >= 11 is 0. The SMILES string of the molecule is C=CP(=O)(Oc1ccccc1C(=O)OCC)Oc1ccccc1C(=O)OCC. The maximum atomic E-state index is 13.1. The normalized spacial score (nSPS) is 10.6. The van der Waals surface area contributed by atoms with Crippen LogP contribution in [-0.4, -0.2) is 25.2 Å². The average Bonchev–Trinajstić information content (AvgIpc) is 2.69. The van der Waals surface area contributed by atoms with Crippen LogP contribution < -0.4 is 9.05 Å². The lowest BCUT2D eigenvalue weighted by molar-refractivity contribution is 0.0515. The molecule has 28 heavy (non-hydrogen) atoms. The fourth-order valence-corrected chi connectivity index (χ4v) is 3.27. The van der Waals surface area contributed by atoms with Gasteiger partial charge in [-0.2, -0.15) is 0 Å². The van der Waals surface area contributed by atoms with Gasteiger partial charge in [0.15, 0.2) is 0 Å². The summed E-state index contributed by atoms with van der Waals surface area (Å²) in [7, 11) is -3.97. The summed E-state index contributed by atoms with van der Waals surface area (Å²) in [6, 6.07) is 12.3. The van der Waals surface area contributed by atoms with Crippen LogP contribution in [0, 0.1) is 0 Å². The molecule has 2 aromatic carbocycles. The lowest BCUT2D eigenvalue weighted by atomic mass is 10.2. The molecule has 0 fully saturated rings. The number of rotatable bonds is 9. The molecule has 148 valence electrons. The second-order valence-electron chi connectivity index (χ2n) is 5.34.